The summed E-state index contributed by atoms with van der Waals surface area (Å²) < 4.78 is 24.6. The third kappa shape index (κ3) is 3.91. The van der Waals surface area contributed by atoms with Crippen LogP contribution < -0.4 is 11.1 Å². The number of nitrogens with one attached hydrogen (secondary N) is 1. The molecule has 1 heterocycles. The fraction of sp³-hybridized carbons (Fsp3) is 0.368. The maximum atomic E-state index is 12.8. The Bertz CT molecular complexity index is 993. The highest BCUT2D eigenvalue weighted by molar-refractivity contribution is 7.91. The van der Waals surface area contributed by atoms with Crippen LogP contribution >= 0.6 is 11.3 Å². The lowest BCUT2D eigenvalue weighted by Gasteiger charge is -2.10. The first-order valence-electron chi connectivity index (χ1n) is 8.92. The van der Waals surface area contributed by atoms with Crippen molar-refractivity contribution >= 4 is 38.0 Å². The van der Waals surface area contributed by atoms with Crippen molar-refractivity contribution in [3.63, 3.8) is 0 Å². The van der Waals surface area contributed by atoms with E-state index in [-0.39, 0.29) is 16.2 Å². The molecule has 1 aromatic heterocycles. The van der Waals surface area contributed by atoms with E-state index in [1.54, 1.807) is 12.1 Å². The summed E-state index contributed by atoms with van der Waals surface area (Å²) in [5.41, 5.74) is 6.95. The summed E-state index contributed by atoms with van der Waals surface area (Å²) in [6, 6.07) is 6.09. The molecule has 3 N–H and O–H groups in total. The predicted molar refractivity (Wildman–Crippen MR) is 106 cm³/mol. The van der Waals surface area contributed by atoms with Crippen molar-refractivity contribution in [1.82, 2.24) is 0 Å². The van der Waals surface area contributed by atoms with Crippen molar-refractivity contribution in [3.8, 4) is 0 Å². The molecule has 3 rings (SSSR count). The molecule has 1 aliphatic rings. The Hall–Kier alpha value is -2.19. The van der Waals surface area contributed by atoms with Gasteiger partial charge in [0.25, 0.3) is 11.8 Å². The van der Waals surface area contributed by atoms with Gasteiger partial charge in [0, 0.05) is 4.88 Å². The van der Waals surface area contributed by atoms with Gasteiger partial charge in [-0.2, -0.15) is 0 Å². The number of fused-ring (bicyclic) bond motifs is 1. The van der Waals surface area contributed by atoms with Gasteiger partial charge >= 0.3 is 0 Å². The Morgan fingerprint density at radius 1 is 1.15 bits per heavy atom. The number of primary amides is 1. The highest BCUT2D eigenvalue weighted by Crippen LogP contribution is 2.37. The minimum Gasteiger partial charge on any atom is -0.365 e. The lowest BCUT2D eigenvalue weighted by Crippen LogP contribution is -2.20. The molecule has 0 fully saturated rings. The van der Waals surface area contributed by atoms with Crippen LogP contribution in [0.1, 0.15) is 57.3 Å². The number of thiophene rings is 1. The molecule has 2 aromatic rings. The average Bonchev–Trinajstić information content (AvgIpc) is 2.82. The standard InChI is InChI=1S/C19H22N2O4S2/c1-2-27(24,25)15-11-7-6-9-13(15)18(23)21-19-16(17(20)22)12-8-4-3-5-10-14(12)26-19/h6-7,9,11H,2-5,8,10H2,1H3,(H2,20,22)(H,21,23). The summed E-state index contributed by atoms with van der Waals surface area (Å²) >= 11 is 1.36. The highest BCUT2D eigenvalue weighted by atomic mass is 32.2. The van der Waals surface area contributed by atoms with Gasteiger partial charge in [0.1, 0.15) is 5.00 Å². The zero-order valence-electron chi connectivity index (χ0n) is 15.1. The molecule has 0 radical (unpaired) electrons. The van der Waals surface area contributed by atoms with Crippen LogP contribution in [0.25, 0.3) is 0 Å². The van der Waals surface area contributed by atoms with E-state index in [2.05, 4.69) is 5.32 Å². The minimum absolute atomic E-state index is 0.0104. The third-order valence-electron chi connectivity index (χ3n) is 4.74. The van der Waals surface area contributed by atoms with E-state index in [1.807, 2.05) is 0 Å². The molecule has 0 saturated carbocycles. The molecule has 0 saturated heterocycles. The monoisotopic (exact) mass is 406 g/mol. The summed E-state index contributed by atoms with van der Waals surface area (Å²) in [4.78, 5) is 25.9. The van der Waals surface area contributed by atoms with Crippen molar-refractivity contribution in [2.24, 2.45) is 5.73 Å². The van der Waals surface area contributed by atoms with E-state index < -0.39 is 21.7 Å². The van der Waals surface area contributed by atoms with E-state index in [4.69, 9.17) is 5.73 Å². The Balaban J connectivity index is 2.00. The first kappa shape index (κ1) is 19.6. The third-order valence-corrected chi connectivity index (χ3v) is 7.73. The van der Waals surface area contributed by atoms with Gasteiger partial charge in [-0.25, -0.2) is 8.42 Å². The van der Waals surface area contributed by atoms with Gasteiger partial charge in [0.05, 0.1) is 21.8 Å². The summed E-state index contributed by atoms with van der Waals surface area (Å²) in [7, 11) is -3.55. The quantitative estimate of drug-likeness (QED) is 0.744. The summed E-state index contributed by atoms with van der Waals surface area (Å²) in [5, 5.41) is 3.14. The molecule has 0 aliphatic heterocycles. The second kappa shape index (κ2) is 7.82. The average molecular weight is 407 g/mol. The molecule has 0 spiro atoms. The van der Waals surface area contributed by atoms with Gasteiger partial charge in [0.15, 0.2) is 9.84 Å². The lowest BCUT2D eigenvalue weighted by molar-refractivity contribution is 0.100. The van der Waals surface area contributed by atoms with Crippen LogP contribution in [0.4, 0.5) is 5.00 Å². The van der Waals surface area contributed by atoms with Gasteiger partial charge in [-0.15, -0.1) is 11.3 Å². The molecule has 2 amide bonds. The van der Waals surface area contributed by atoms with Crippen LogP contribution in [-0.2, 0) is 22.7 Å². The van der Waals surface area contributed by atoms with Crippen LogP contribution in [-0.4, -0.2) is 26.0 Å². The molecule has 27 heavy (non-hydrogen) atoms. The SMILES string of the molecule is CCS(=O)(=O)c1ccccc1C(=O)Nc1sc2c(c1C(N)=O)CCCCC2. The topological polar surface area (TPSA) is 106 Å². The van der Waals surface area contributed by atoms with Gasteiger partial charge in [-0.05, 0) is 43.4 Å². The van der Waals surface area contributed by atoms with E-state index >= 15 is 0 Å². The number of benzene rings is 1. The first-order chi connectivity index (χ1) is 12.8. The number of carbonyl (C=O) groups is 2. The van der Waals surface area contributed by atoms with Crippen LogP contribution in [0.15, 0.2) is 29.2 Å². The Morgan fingerprint density at radius 3 is 2.56 bits per heavy atom. The molecular formula is C19H22N2O4S2. The summed E-state index contributed by atoms with van der Waals surface area (Å²) in [6.07, 6.45) is 4.74. The zero-order valence-corrected chi connectivity index (χ0v) is 16.7. The smallest absolute Gasteiger partial charge is 0.257 e. The highest BCUT2D eigenvalue weighted by Gasteiger charge is 2.26. The molecule has 0 unspecified atom stereocenters. The maximum Gasteiger partial charge on any atom is 0.257 e. The Morgan fingerprint density at radius 2 is 1.85 bits per heavy atom. The van der Waals surface area contributed by atoms with Crippen LogP contribution in [0.2, 0.25) is 0 Å². The molecule has 6 nitrogen and oxygen atoms in total. The first-order valence-corrected chi connectivity index (χ1v) is 11.4. The molecule has 8 heteroatoms. The number of hydrogen-bond donors (Lipinski definition) is 2. The number of hydrogen-bond acceptors (Lipinski definition) is 5. The van der Waals surface area contributed by atoms with Crippen molar-refractivity contribution in [2.45, 2.75) is 43.9 Å². The van der Waals surface area contributed by atoms with Crippen molar-refractivity contribution in [2.75, 3.05) is 11.1 Å². The van der Waals surface area contributed by atoms with Crippen molar-refractivity contribution in [3.05, 3.63) is 45.8 Å². The fourth-order valence-corrected chi connectivity index (χ4v) is 5.73. The van der Waals surface area contributed by atoms with Crippen LogP contribution in [0.3, 0.4) is 0 Å². The minimum atomic E-state index is -3.55. The van der Waals surface area contributed by atoms with E-state index in [0.717, 1.165) is 42.5 Å². The van der Waals surface area contributed by atoms with Gasteiger partial charge < -0.3 is 11.1 Å². The van der Waals surface area contributed by atoms with Crippen LogP contribution in [0.5, 0.6) is 0 Å². The lowest BCUT2D eigenvalue weighted by atomic mass is 10.1. The molecule has 0 bridgehead atoms. The fourth-order valence-electron chi connectivity index (χ4n) is 3.34. The number of rotatable bonds is 5. The second-order valence-electron chi connectivity index (χ2n) is 6.49. The Kier molecular flexibility index (Phi) is 5.67. The van der Waals surface area contributed by atoms with Gasteiger partial charge in [-0.1, -0.05) is 25.5 Å². The molecule has 0 atom stereocenters. The van der Waals surface area contributed by atoms with Crippen LogP contribution in [0, 0.1) is 0 Å². The summed E-state index contributed by atoms with van der Waals surface area (Å²) in [6.45, 7) is 1.53. The zero-order chi connectivity index (χ0) is 19.6. The van der Waals surface area contributed by atoms with E-state index in [9.17, 15) is 18.0 Å². The van der Waals surface area contributed by atoms with Crippen molar-refractivity contribution in [1.29, 1.82) is 0 Å². The number of carbonyl (C=O) groups excluding carboxylic acids is 2. The van der Waals surface area contributed by atoms with E-state index in [0.29, 0.717) is 10.6 Å². The maximum absolute atomic E-state index is 12.8. The number of amides is 2. The Labute approximate surface area is 162 Å². The molecule has 144 valence electrons. The predicted octanol–water partition coefficient (Wildman–Crippen LogP) is 3.16. The number of sulfone groups is 1. The normalized spacial score (nSPS) is 14.3. The molecule has 1 aliphatic carbocycles. The number of aryl methyl sites for hydroxylation is 1. The van der Waals surface area contributed by atoms with E-state index in [1.165, 1.54) is 30.4 Å². The molecule has 1 aromatic carbocycles. The van der Waals surface area contributed by atoms with Crippen molar-refractivity contribution < 1.29 is 18.0 Å². The summed E-state index contributed by atoms with van der Waals surface area (Å²) in [5.74, 6) is -1.22. The van der Waals surface area contributed by atoms with Gasteiger partial charge in [-0.3, -0.25) is 9.59 Å². The largest absolute Gasteiger partial charge is 0.365 e. The van der Waals surface area contributed by atoms with Gasteiger partial charge in [0.2, 0.25) is 0 Å². The number of anilines is 1. The second-order valence-corrected chi connectivity index (χ2v) is 9.84. The number of nitrogens with two attached hydrogens (primary N) is 1. The molecular weight excluding hydrogens is 384 g/mol.